The van der Waals surface area contributed by atoms with E-state index >= 15 is 0 Å². The summed E-state index contributed by atoms with van der Waals surface area (Å²) in [6, 6.07) is 16.4. The van der Waals surface area contributed by atoms with Gasteiger partial charge in [-0.05, 0) is 55.0 Å². The molecule has 0 saturated carbocycles. The van der Waals surface area contributed by atoms with Crippen LogP contribution in [0.25, 0.3) is 33.7 Å². The van der Waals surface area contributed by atoms with Gasteiger partial charge in [0.05, 0.1) is 12.0 Å². The highest BCUT2D eigenvalue weighted by atomic mass is 35.5. The number of fused-ring (bicyclic) bond motifs is 1. The molecule has 0 aliphatic carbocycles. The number of hydrogen-bond donors (Lipinski definition) is 2. The lowest BCUT2D eigenvalue weighted by Gasteiger charge is -2.13. The zero-order valence-electron chi connectivity index (χ0n) is 17.0. The topological polar surface area (TPSA) is 96.5 Å². The quantitative estimate of drug-likeness (QED) is 0.395. The summed E-state index contributed by atoms with van der Waals surface area (Å²) in [5, 5.41) is 3.45. The van der Waals surface area contributed by atoms with Gasteiger partial charge in [0.2, 0.25) is 0 Å². The van der Waals surface area contributed by atoms with E-state index in [9.17, 15) is 4.79 Å². The van der Waals surface area contributed by atoms with Crippen molar-refractivity contribution in [2.45, 2.75) is 6.92 Å². The number of carbonyl (C=O) groups is 1. The second kappa shape index (κ2) is 8.20. The minimum absolute atomic E-state index is 0.237. The number of carbonyl (C=O) groups excluding carboxylic acids is 1. The third-order valence-corrected chi connectivity index (χ3v) is 5.36. The van der Waals surface area contributed by atoms with Crippen LogP contribution in [0.4, 0.5) is 5.69 Å². The first kappa shape index (κ1) is 19.8. The molecule has 0 bridgehead atoms. The van der Waals surface area contributed by atoms with E-state index in [4.69, 9.17) is 11.6 Å². The number of aromatic amines is 1. The van der Waals surface area contributed by atoms with Crippen LogP contribution in [-0.2, 0) is 0 Å². The second-order valence-corrected chi connectivity index (χ2v) is 7.65. The Kier molecular flexibility index (Phi) is 5.09. The average molecular weight is 441 g/mol. The van der Waals surface area contributed by atoms with Gasteiger partial charge in [-0.2, -0.15) is 0 Å². The molecule has 3 aromatic heterocycles. The molecular formula is C24H17ClN6O. The first-order chi connectivity index (χ1) is 15.6. The summed E-state index contributed by atoms with van der Waals surface area (Å²) in [4.78, 5) is 33.3. The molecule has 2 aromatic carbocycles. The van der Waals surface area contributed by atoms with Crippen molar-refractivity contribution < 1.29 is 4.79 Å². The number of anilines is 1. The van der Waals surface area contributed by atoms with Crippen molar-refractivity contribution in [2.24, 2.45) is 0 Å². The van der Waals surface area contributed by atoms with Crippen LogP contribution < -0.4 is 5.32 Å². The smallest absolute Gasteiger partial charge is 0.255 e. The van der Waals surface area contributed by atoms with Crippen molar-refractivity contribution in [1.82, 2.24) is 24.9 Å². The van der Waals surface area contributed by atoms with Gasteiger partial charge < -0.3 is 10.3 Å². The van der Waals surface area contributed by atoms with E-state index in [1.54, 1.807) is 36.8 Å². The van der Waals surface area contributed by atoms with Crippen LogP contribution in [0.2, 0.25) is 5.02 Å². The van der Waals surface area contributed by atoms with Gasteiger partial charge >= 0.3 is 0 Å². The molecule has 0 saturated heterocycles. The maximum Gasteiger partial charge on any atom is 0.255 e. The van der Waals surface area contributed by atoms with Crippen molar-refractivity contribution in [3.63, 3.8) is 0 Å². The molecule has 0 aliphatic rings. The molecule has 0 atom stereocenters. The molecule has 0 radical (unpaired) electrons. The summed E-state index contributed by atoms with van der Waals surface area (Å²) in [7, 11) is 0. The second-order valence-electron chi connectivity index (χ2n) is 7.22. The Hall–Kier alpha value is -4.10. The Morgan fingerprint density at radius 2 is 1.84 bits per heavy atom. The number of aromatic nitrogens is 5. The average Bonchev–Trinajstić information content (AvgIpc) is 3.29. The molecule has 1 amide bonds. The maximum atomic E-state index is 12.7. The lowest BCUT2D eigenvalue weighted by Crippen LogP contribution is -2.12. The summed E-state index contributed by atoms with van der Waals surface area (Å²) in [5.41, 5.74) is 6.67. The monoisotopic (exact) mass is 440 g/mol. The van der Waals surface area contributed by atoms with Gasteiger partial charge in [0.15, 0.2) is 5.65 Å². The van der Waals surface area contributed by atoms with Gasteiger partial charge in [-0.3, -0.25) is 9.78 Å². The zero-order valence-corrected chi connectivity index (χ0v) is 17.8. The summed E-state index contributed by atoms with van der Waals surface area (Å²) >= 11 is 6.02. The molecule has 7 nitrogen and oxygen atoms in total. The summed E-state index contributed by atoms with van der Waals surface area (Å²) in [6.45, 7) is 2.00. The number of imidazole rings is 1. The maximum absolute atomic E-state index is 12.7. The zero-order chi connectivity index (χ0) is 22.1. The number of nitrogens with zero attached hydrogens (tertiary/aromatic N) is 4. The highest BCUT2D eigenvalue weighted by molar-refractivity contribution is 6.31. The van der Waals surface area contributed by atoms with Crippen LogP contribution in [0.15, 0.2) is 73.4 Å². The van der Waals surface area contributed by atoms with E-state index in [1.807, 2.05) is 37.3 Å². The number of H-pyrrole nitrogens is 1. The molecule has 0 unspecified atom stereocenters. The Morgan fingerprint density at radius 1 is 0.938 bits per heavy atom. The fourth-order valence-electron chi connectivity index (χ4n) is 3.57. The van der Waals surface area contributed by atoms with E-state index in [0.29, 0.717) is 27.6 Å². The number of amides is 1. The summed E-state index contributed by atoms with van der Waals surface area (Å²) < 4.78 is 0. The van der Waals surface area contributed by atoms with Crippen molar-refractivity contribution in [2.75, 3.05) is 5.32 Å². The standard InChI is InChI=1S/C24H17ClN6O/c1-14-7-8-17(31-24(32)15-4-2-5-16(25)10-15)11-19(14)20-18(6-3-9-26-20)21-22-23(29-12-27-21)30-13-28-22/h2-13H,1H3,(H,31,32)(H,27,28,29,30). The van der Waals surface area contributed by atoms with E-state index in [1.165, 1.54) is 6.33 Å². The van der Waals surface area contributed by atoms with Gasteiger partial charge in [-0.15, -0.1) is 0 Å². The molecule has 3 heterocycles. The number of hydrogen-bond acceptors (Lipinski definition) is 5. The van der Waals surface area contributed by atoms with Gasteiger partial charge in [0.1, 0.15) is 17.5 Å². The number of aryl methyl sites for hydroxylation is 1. The molecule has 5 rings (SSSR count). The Bertz CT molecular complexity index is 1460. The van der Waals surface area contributed by atoms with Crippen LogP contribution in [-0.4, -0.2) is 30.8 Å². The molecule has 2 N–H and O–H groups in total. The number of nitrogens with one attached hydrogen (secondary N) is 2. The molecule has 8 heteroatoms. The Labute approximate surface area is 188 Å². The SMILES string of the molecule is Cc1ccc(NC(=O)c2cccc(Cl)c2)cc1-c1ncccc1-c1ncnc2nc[nH]c12. The fraction of sp³-hybridized carbons (Fsp3) is 0.0417. The van der Waals surface area contributed by atoms with Crippen LogP contribution in [0, 0.1) is 6.92 Å². The number of benzene rings is 2. The van der Waals surface area contributed by atoms with Crippen molar-refractivity contribution >= 4 is 34.4 Å². The number of pyridine rings is 1. The highest BCUT2D eigenvalue weighted by Crippen LogP contribution is 2.34. The molecule has 5 aromatic rings. The molecular weight excluding hydrogens is 424 g/mol. The van der Waals surface area contributed by atoms with Crippen LogP contribution in [0.1, 0.15) is 15.9 Å². The Balaban J connectivity index is 1.57. The largest absolute Gasteiger partial charge is 0.341 e. The first-order valence-electron chi connectivity index (χ1n) is 9.87. The summed E-state index contributed by atoms with van der Waals surface area (Å²) in [6.07, 6.45) is 4.82. The normalized spacial score (nSPS) is 10.9. The lowest BCUT2D eigenvalue weighted by atomic mass is 9.98. The van der Waals surface area contributed by atoms with Crippen LogP contribution in [0.5, 0.6) is 0 Å². The highest BCUT2D eigenvalue weighted by Gasteiger charge is 2.17. The van der Waals surface area contributed by atoms with Crippen molar-refractivity contribution in [1.29, 1.82) is 0 Å². The number of rotatable bonds is 4. The van der Waals surface area contributed by atoms with Crippen LogP contribution in [0.3, 0.4) is 0 Å². The van der Waals surface area contributed by atoms with E-state index in [2.05, 4.69) is 30.2 Å². The first-order valence-corrected chi connectivity index (χ1v) is 10.3. The Morgan fingerprint density at radius 3 is 2.72 bits per heavy atom. The number of halogens is 1. The van der Waals surface area contributed by atoms with Crippen LogP contribution >= 0.6 is 11.6 Å². The van der Waals surface area contributed by atoms with Crippen molar-refractivity contribution in [3.05, 3.63) is 89.6 Å². The molecule has 0 aliphatic heterocycles. The molecule has 32 heavy (non-hydrogen) atoms. The third-order valence-electron chi connectivity index (χ3n) is 5.12. The predicted molar refractivity (Wildman–Crippen MR) is 124 cm³/mol. The van der Waals surface area contributed by atoms with Gasteiger partial charge in [-0.25, -0.2) is 15.0 Å². The lowest BCUT2D eigenvalue weighted by molar-refractivity contribution is 0.102. The molecule has 0 fully saturated rings. The molecule has 0 spiro atoms. The minimum Gasteiger partial charge on any atom is -0.341 e. The van der Waals surface area contributed by atoms with Crippen molar-refractivity contribution in [3.8, 4) is 22.5 Å². The fourth-order valence-corrected chi connectivity index (χ4v) is 3.76. The van der Waals surface area contributed by atoms with Gasteiger partial charge in [0, 0.05) is 33.6 Å². The third kappa shape index (κ3) is 3.70. The van der Waals surface area contributed by atoms with E-state index in [0.717, 1.165) is 27.9 Å². The minimum atomic E-state index is -0.237. The summed E-state index contributed by atoms with van der Waals surface area (Å²) in [5.74, 6) is -0.237. The molecule has 156 valence electrons. The van der Waals surface area contributed by atoms with Gasteiger partial charge in [-0.1, -0.05) is 23.7 Å². The predicted octanol–water partition coefficient (Wildman–Crippen LogP) is 5.30. The van der Waals surface area contributed by atoms with E-state index in [-0.39, 0.29) is 5.91 Å². The van der Waals surface area contributed by atoms with E-state index < -0.39 is 0 Å². The van der Waals surface area contributed by atoms with Gasteiger partial charge in [0.25, 0.3) is 5.91 Å².